The van der Waals surface area contributed by atoms with Gasteiger partial charge in [-0.2, -0.15) is 0 Å². The van der Waals surface area contributed by atoms with Crippen molar-refractivity contribution in [3.05, 3.63) is 42.4 Å². The maximum Gasteiger partial charge on any atom is 0.214 e. The number of ketones is 1. The van der Waals surface area contributed by atoms with Crippen molar-refractivity contribution < 1.29 is 14.6 Å². The minimum atomic E-state index is -1.59. The van der Waals surface area contributed by atoms with Crippen molar-refractivity contribution in [1.82, 2.24) is 9.97 Å². The second-order valence-corrected chi connectivity index (χ2v) is 5.48. The van der Waals surface area contributed by atoms with E-state index in [1.165, 1.54) is 19.5 Å². The maximum absolute atomic E-state index is 12.7. The summed E-state index contributed by atoms with van der Waals surface area (Å²) in [6.07, 6.45) is 4.97. The summed E-state index contributed by atoms with van der Waals surface area (Å²) in [7, 11) is 1.54. The van der Waals surface area contributed by atoms with Crippen molar-refractivity contribution in [3.8, 4) is 5.88 Å². The molecule has 2 aromatic heterocycles. The molecule has 2 aromatic rings. The van der Waals surface area contributed by atoms with Crippen LogP contribution in [-0.4, -0.2) is 45.9 Å². The van der Waals surface area contributed by atoms with Crippen LogP contribution in [0.5, 0.6) is 5.88 Å². The lowest BCUT2D eigenvalue weighted by Crippen LogP contribution is -2.48. The molecule has 0 spiro atoms. The van der Waals surface area contributed by atoms with E-state index in [-0.39, 0.29) is 12.2 Å². The Balaban J connectivity index is 1.84. The summed E-state index contributed by atoms with van der Waals surface area (Å²) in [5.41, 5.74) is 0.0578. The van der Waals surface area contributed by atoms with Gasteiger partial charge >= 0.3 is 0 Å². The molecule has 1 N–H and O–H groups in total. The fourth-order valence-corrected chi connectivity index (χ4v) is 3.02. The van der Waals surface area contributed by atoms with Gasteiger partial charge in [-0.15, -0.1) is 0 Å². The van der Waals surface area contributed by atoms with Crippen LogP contribution >= 0.6 is 0 Å². The number of ether oxygens (including phenoxy) is 1. The van der Waals surface area contributed by atoms with Crippen LogP contribution in [0, 0.1) is 0 Å². The van der Waals surface area contributed by atoms with Crippen LogP contribution in [0.4, 0.5) is 11.4 Å². The van der Waals surface area contributed by atoms with Crippen LogP contribution in [-0.2, 0) is 0 Å². The van der Waals surface area contributed by atoms with Crippen LogP contribution < -0.4 is 9.64 Å². The highest BCUT2D eigenvalue weighted by molar-refractivity contribution is 6.28. The number of aromatic nitrogens is 2. The van der Waals surface area contributed by atoms with Gasteiger partial charge in [-0.25, -0.2) is 9.98 Å². The third-order valence-electron chi connectivity index (χ3n) is 4.21. The molecule has 7 heteroatoms. The first-order valence-electron chi connectivity index (χ1n) is 7.21. The highest BCUT2D eigenvalue weighted by atomic mass is 16.5. The Labute approximate surface area is 132 Å². The van der Waals surface area contributed by atoms with E-state index in [0.29, 0.717) is 29.5 Å². The monoisotopic (exact) mass is 310 g/mol. The first-order valence-corrected chi connectivity index (χ1v) is 7.21. The Morgan fingerprint density at radius 2 is 2.22 bits per heavy atom. The summed E-state index contributed by atoms with van der Waals surface area (Å²) < 4.78 is 5.14. The van der Waals surface area contributed by atoms with Gasteiger partial charge in [0.05, 0.1) is 24.6 Å². The molecule has 1 atom stereocenters. The Morgan fingerprint density at radius 3 is 3.04 bits per heavy atom. The Bertz CT molecular complexity index is 836. The minimum absolute atomic E-state index is 0.289. The van der Waals surface area contributed by atoms with E-state index in [1.807, 2.05) is 4.90 Å². The number of nitrogens with zero attached hydrogens (tertiary/aromatic N) is 4. The van der Waals surface area contributed by atoms with E-state index < -0.39 is 5.60 Å². The number of hydrogen-bond acceptors (Lipinski definition) is 7. The molecule has 23 heavy (non-hydrogen) atoms. The number of carbonyl (C=O) groups excluding carboxylic acids is 1. The third kappa shape index (κ3) is 1.93. The molecule has 0 aromatic carbocycles. The number of fused-ring (bicyclic) bond motifs is 2. The third-order valence-corrected chi connectivity index (χ3v) is 4.21. The van der Waals surface area contributed by atoms with Gasteiger partial charge in [-0.1, -0.05) is 0 Å². The molecule has 0 amide bonds. The van der Waals surface area contributed by atoms with Gasteiger partial charge in [0.15, 0.2) is 5.60 Å². The van der Waals surface area contributed by atoms with E-state index in [9.17, 15) is 9.90 Å². The minimum Gasteiger partial charge on any atom is -0.481 e. The van der Waals surface area contributed by atoms with Gasteiger partial charge in [-0.05, 0) is 12.1 Å². The lowest BCUT2D eigenvalue weighted by Gasteiger charge is -2.29. The van der Waals surface area contributed by atoms with Crippen molar-refractivity contribution >= 4 is 23.0 Å². The van der Waals surface area contributed by atoms with Gasteiger partial charge in [0.1, 0.15) is 5.84 Å². The Morgan fingerprint density at radius 1 is 1.35 bits per heavy atom. The molecule has 0 aliphatic carbocycles. The maximum atomic E-state index is 12.7. The van der Waals surface area contributed by atoms with E-state index in [4.69, 9.17) is 4.74 Å². The standard InChI is InChI=1S/C16H14N4O3/c1-23-13-8-10(2-6-18-13)20-7-4-16(22)14(21)11-3-5-17-9-12(11)19-15(16)20/h2-3,5-6,8-9,22H,4,7H2,1H3. The molecule has 2 aliphatic heterocycles. The quantitative estimate of drug-likeness (QED) is 0.901. The molecule has 1 fully saturated rings. The number of aliphatic imine (C=N–C) groups is 1. The predicted molar refractivity (Wildman–Crippen MR) is 83.4 cm³/mol. The van der Waals surface area contributed by atoms with Crippen LogP contribution in [0.3, 0.4) is 0 Å². The Kier molecular flexibility index (Phi) is 2.92. The number of Topliss-reactive ketones (excluding diaryl/α,β-unsaturated/α-hetero) is 1. The summed E-state index contributed by atoms with van der Waals surface area (Å²) >= 11 is 0. The van der Waals surface area contributed by atoms with Crippen LogP contribution in [0.1, 0.15) is 16.8 Å². The second-order valence-electron chi connectivity index (χ2n) is 5.48. The van der Waals surface area contributed by atoms with Gasteiger partial charge in [0.2, 0.25) is 11.7 Å². The lowest BCUT2D eigenvalue weighted by molar-refractivity contribution is 0.0602. The van der Waals surface area contributed by atoms with Crippen LogP contribution in [0.2, 0.25) is 0 Å². The average molecular weight is 310 g/mol. The normalized spacial score (nSPS) is 22.4. The molecule has 1 unspecified atom stereocenters. The van der Waals surface area contributed by atoms with E-state index in [2.05, 4.69) is 15.0 Å². The van der Waals surface area contributed by atoms with E-state index in [1.54, 1.807) is 24.4 Å². The fraction of sp³-hybridized carbons (Fsp3) is 0.250. The number of carbonyl (C=O) groups is 1. The smallest absolute Gasteiger partial charge is 0.214 e. The van der Waals surface area contributed by atoms with Gasteiger partial charge in [-0.3, -0.25) is 9.78 Å². The molecule has 0 saturated carbocycles. The first-order chi connectivity index (χ1) is 11.1. The van der Waals surface area contributed by atoms with E-state index >= 15 is 0 Å². The molecule has 7 nitrogen and oxygen atoms in total. The molecule has 1 saturated heterocycles. The van der Waals surface area contributed by atoms with Gasteiger partial charge < -0.3 is 14.7 Å². The largest absolute Gasteiger partial charge is 0.481 e. The van der Waals surface area contributed by atoms with Gasteiger partial charge in [0, 0.05) is 37.1 Å². The summed E-state index contributed by atoms with van der Waals surface area (Å²) in [5.74, 6) is 0.461. The number of anilines is 1. The molecule has 2 aliphatic rings. The number of rotatable bonds is 2. The molecular formula is C16H14N4O3. The lowest BCUT2D eigenvalue weighted by atomic mass is 9.88. The second kappa shape index (κ2) is 4.85. The topological polar surface area (TPSA) is 87.9 Å². The average Bonchev–Trinajstić information content (AvgIpc) is 2.93. The fourth-order valence-electron chi connectivity index (χ4n) is 3.02. The number of aliphatic hydroxyl groups is 1. The molecule has 0 radical (unpaired) electrons. The van der Waals surface area contributed by atoms with E-state index in [0.717, 1.165) is 5.69 Å². The van der Waals surface area contributed by atoms with Crippen molar-refractivity contribution in [3.63, 3.8) is 0 Å². The molecule has 116 valence electrons. The number of hydrogen-bond donors (Lipinski definition) is 1. The summed E-state index contributed by atoms with van der Waals surface area (Å²) in [5, 5.41) is 10.9. The number of methoxy groups -OCH3 is 1. The zero-order valence-corrected chi connectivity index (χ0v) is 12.4. The van der Waals surface area contributed by atoms with Crippen molar-refractivity contribution in [2.45, 2.75) is 12.0 Å². The van der Waals surface area contributed by atoms with Crippen LogP contribution in [0.15, 0.2) is 41.8 Å². The summed E-state index contributed by atoms with van der Waals surface area (Å²) in [6, 6.07) is 5.13. The van der Waals surface area contributed by atoms with Crippen molar-refractivity contribution in [2.24, 2.45) is 4.99 Å². The number of pyridine rings is 2. The molecule has 0 bridgehead atoms. The SMILES string of the molecule is COc1cc(N2CCC3(O)C(=O)c4ccncc4N=C23)ccn1. The van der Waals surface area contributed by atoms with Gasteiger partial charge in [0.25, 0.3) is 0 Å². The first kappa shape index (κ1) is 13.8. The molecular weight excluding hydrogens is 296 g/mol. The zero-order valence-electron chi connectivity index (χ0n) is 12.4. The van der Waals surface area contributed by atoms with Crippen molar-refractivity contribution in [1.29, 1.82) is 0 Å². The zero-order chi connectivity index (χ0) is 16.0. The number of amidine groups is 1. The highest BCUT2D eigenvalue weighted by Gasteiger charge is 2.52. The summed E-state index contributed by atoms with van der Waals surface area (Å²) in [6.45, 7) is 0.482. The summed E-state index contributed by atoms with van der Waals surface area (Å²) in [4.78, 5) is 27.1. The molecule has 4 heterocycles. The molecule has 4 rings (SSSR count). The van der Waals surface area contributed by atoms with Crippen molar-refractivity contribution in [2.75, 3.05) is 18.6 Å². The highest BCUT2D eigenvalue weighted by Crippen LogP contribution is 2.39. The van der Waals surface area contributed by atoms with Crippen LogP contribution in [0.25, 0.3) is 0 Å². The predicted octanol–water partition coefficient (Wildman–Crippen LogP) is 1.35. The Hall–Kier alpha value is -2.80.